The van der Waals surface area contributed by atoms with Gasteiger partial charge in [0.15, 0.2) is 0 Å². The highest BCUT2D eigenvalue weighted by molar-refractivity contribution is 5.89. The molecule has 0 heterocycles. The number of carboxylic acid groups (broad SMARTS) is 2. The van der Waals surface area contributed by atoms with Crippen LogP contribution in [0.5, 0.6) is 5.75 Å². The van der Waals surface area contributed by atoms with E-state index in [0.29, 0.717) is 18.6 Å². The number of carboxylic acids is 2. The molecule has 0 aromatic heterocycles. The van der Waals surface area contributed by atoms with Gasteiger partial charge in [0.1, 0.15) is 12.4 Å². The summed E-state index contributed by atoms with van der Waals surface area (Å²) < 4.78 is 10.9. The van der Waals surface area contributed by atoms with Crippen molar-refractivity contribution < 1.29 is 38.9 Å². The molecular formula is C42H41NO8. The molecule has 0 saturated heterocycles. The highest BCUT2D eigenvalue weighted by Gasteiger charge is 2.33. The van der Waals surface area contributed by atoms with Gasteiger partial charge in [0.25, 0.3) is 0 Å². The summed E-state index contributed by atoms with van der Waals surface area (Å²) in [7, 11) is 1.32. The molecule has 1 amide bonds. The summed E-state index contributed by atoms with van der Waals surface area (Å²) in [6.45, 7) is 2.46. The van der Waals surface area contributed by atoms with E-state index in [9.17, 15) is 29.4 Å². The van der Waals surface area contributed by atoms with E-state index in [2.05, 4.69) is 6.07 Å². The van der Waals surface area contributed by atoms with Crippen LogP contribution in [0, 0.1) is 5.92 Å². The number of para-hydroxylation sites is 1. The molecule has 5 aromatic rings. The van der Waals surface area contributed by atoms with Crippen LogP contribution >= 0.6 is 0 Å². The Bertz CT molecular complexity index is 1970. The van der Waals surface area contributed by atoms with Gasteiger partial charge in [0.05, 0.1) is 25.0 Å². The third-order valence-electron chi connectivity index (χ3n) is 9.11. The Balaban J connectivity index is 1.51. The lowest BCUT2D eigenvalue weighted by Crippen LogP contribution is -2.43. The van der Waals surface area contributed by atoms with Crippen molar-refractivity contribution in [3.8, 4) is 5.75 Å². The first-order valence-electron chi connectivity index (χ1n) is 16.8. The molecule has 0 unspecified atom stereocenters. The summed E-state index contributed by atoms with van der Waals surface area (Å²) >= 11 is 0. The molecule has 0 spiro atoms. The molecule has 262 valence electrons. The fourth-order valence-corrected chi connectivity index (χ4v) is 6.33. The first kappa shape index (κ1) is 36.3. The number of rotatable bonds is 16. The Morgan fingerprint density at radius 2 is 1.39 bits per heavy atom. The standard InChI is InChI=1S/C42H41NO8/c1-28(43(39(44)24-36(41(47)48)25-40(45)46)26-30-15-16-32-11-6-7-12-35(32)22-30)38(33-17-19-34(20-18-33)42(49)50-2)23-29-9-8-10-31(21-29)27-51-37-13-4-3-5-14-37/h3-22,28,36,38H,23-27H2,1-2H3,(H,45,46)(H,47,48)/t28-,36-,38+/m1/s1. The van der Waals surface area contributed by atoms with E-state index in [1.54, 1.807) is 17.0 Å². The van der Waals surface area contributed by atoms with Crippen molar-refractivity contribution in [2.45, 2.75) is 51.3 Å². The number of benzene rings is 5. The predicted molar refractivity (Wildman–Crippen MR) is 193 cm³/mol. The minimum atomic E-state index is -1.39. The Morgan fingerprint density at radius 1 is 0.706 bits per heavy atom. The van der Waals surface area contributed by atoms with Crippen LogP contribution < -0.4 is 4.74 Å². The fraction of sp³-hybridized carbons (Fsp3) is 0.238. The predicted octanol–water partition coefficient (Wildman–Crippen LogP) is 7.51. The van der Waals surface area contributed by atoms with E-state index < -0.39 is 48.6 Å². The van der Waals surface area contributed by atoms with Gasteiger partial charge in [-0.15, -0.1) is 0 Å². The van der Waals surface area contributed by atoms with Crippen molar-refractivity contribution in [2.24, 2.45) is 5.92 Å². The largest absolute Gasteiger partial charge is 0.489 e. The van der Waals surface area contributed by atoms with Gasteiger partial charge < -0.3 is 24.6 Å². The number of aliphatic carboxylic acids is 2. The Kier molecular flexibility index (Phi) is 12.2. The molecule has 0 fully saturated rings. The highest BCUT2D eigenvalue weighted by atomic mass is 16.5. The molecule has 5 rings (SSSR count). The molecule has 0 radical (unpaired) electrons. The highest BCUT2D eigenvalue weighted by Crippen LogP contribution is 2.31. The second-order valence-corrected chi connectivity index (χ2v) is 12.6. The second kappa shape index (κ2) is 17.1. The lowest BCUT2D eigenvalue weighted by atomic mass is 9.84. The lowest BCUT2D eigenvalue weighted by molar-refractivity contribution is -0.151. The normalized spacial score (nSPS) is 12.7. The molecule has 2 N–H and O–H groups in total. The maximum Gasteiger partial charge on any atom is 0.337 e. The molecule has 3 atom stereocenters. The van der Waals surface area contributed by atoms with Crippen molar-refractivity contribution in [3.63, 3.8) is 0 Å². The first-order valence-corrected chi connectivity index (χ1v) is 16.8. The molecule has 9 nitrogen and oxygen atoms in total. The summed E-state index contributed by atoms with van der Waals surface area (Å²) in [5, 5.41) is 21.3. The Hall–Kier alpha value is -5.96. The summed E-state index contributed by atoms with van der Waals surface area (Å²) in [6, 6.07) is 37.9. The molecule has 0 aliphatic carbocycles. The average molecular weight is 688 g/mol. The van der Waals surface area contributed by atoms with Crippen LogP contribution in [-0.2, 0) is 38.7 Å². The Morgan fingerprint density at radius 3 is 2.08 bits per heavy atom. The molecular weight excluding hydrogens is 646 g/mol. The van der Waals surface area contributed by atoms with Crippen LogP contribution in [0.2, 0.25) is 0 Å². The van der Waals surface area contributed by atoms with E-state index >= 15 is 0 Å². The smallest absolute Gasteiger partial charge is 0.337 e. The van der Waals surface area contributed by atoms with Crippen LogP contribution in [0.1, 0.15) is 58.3 Å². The van der Waals surface area contributed by atoms with Gasteiger partial charge in [-0.2, -0.15) is 0 Å². The number of hydrogen-bond donors (Lipinski definition) is 2. The second-order valence-electron chi connectivity index (χ2n) is 12.6. The monoisotopic (exact) mass is 687 g/mol. The number of nitrogens with zero attached hydrogens (tertiary/aromatic N) is 1. The zero-order valence-corrected chi connectivity index (χ0v) is 28.6. The van der Waals surface area contributed by atoms with Crippen molar-refractivity contribution in [2.75, 3.05) is 7.11 Å². The third kappa shape index (κ3) is 9.82. The van der Waals surface area contributed by atoms with Crippen molar-refractivity contribution >= 4 is 34.6 Å². The zero-order chi connectivity index (χ0) is 36.3. The molecule has 0 aliphatic rings. The van der Waals surface area contributed by atoms with Gasteiger partial charge in [0, 0.05) is 24.9 Å². The van der Waals surface area contributed by atoms with Crippen LogP contribution in [0.15, 0.2) is 121 Å². The summed E-state index contributed by atoms with van der Waals surface area (Å²) in [6.07, 6.45) is -0.647. The van der Waals surface area contributed by atoms with Crippen LogP contribution in [-0.4, -0.2) is 52.1 Å². The minimum Gasteiger partial charge on any atom is -0.489 e. The number of hydrogen-bond acceptors (Lipinski definition) is 6. The van der Waals surface area contributed by atoms with Crippen molar-refractivity contribution in [1.82, 2.24) is 4.90 Å². The topological polar surface area (TPSA) is 130 Å². The van der Waals surface area contributed by atoms with E-state index in [0.717, 1.165) is 38.8 Å². The molecule has 0 bridgehead atoms. The molecule has 51 heavy (non-hydrogen) atoms. The average Bonchev–Trinajstić information content (AvgIpc) is 3.14. The quantitative estimate of drug-likeness (QED) is 0.102. The number of esters is 1. The van der Waals surface area contributed by atoms with Gasteiger partial charge in [0.2, 0.25) is 5.91 Å². The molecule has 0 saturated carbocycles. The number of carbonyl (C=O) groups is 4. The van der Waals surface area contributed by atoms with E-state index in [1.807, 2.05) is 110 Å². The van der Waals surface area contributed by atoms with Gasteiger partial charge in [-0.3, -0.25) is 14.4 Å². The zero-order valence-electron chi connectivity index (χ0n) is 28.6. The van der Waals surface area contributed by atoms with Gasteiger partial charge in [-0.05, 0) is 76.7 Å². The van der Waals surface area contributed by atoms with Crippen LogP contribution in [0.3, 0.4) is 0 Å². The lowest BCUT2D eigenvalue weighted by Gasteiger charge is -2.36. The summed E-state index contributed by atoms with van der Waals surface area (Å²) in [4.78, 5) is 51.7. The summed E-state index contributed by atoms with van der Waals surface area (Å²) in [5.41, 5.74) is 4.04. The minimum absolute atomic E-state index is 0.173. The molecule has 9 heteroatoms. The van der Waals surface area contributed by atoms with Crippen molar-refractivity contribution in [1.29, 1.82) is 0 Å². The Labute approximate surface area is 297 Å². The van der Waals surface area contributed by atoms with Crippen LogP contribution in [0.25, 0.3) is 10.8 Å². The fourth-order valence-electron chi connectivity index (χ4n) is 6.33. The molecule has 0 aliphatic heterocycles. The summed E-state index contributed by atoms with van der Waals surface area (Å²) in [5.74, 6) is -4.51. The maximum atomic E-state index is 14.2. The van der Waals surface area contributed by atoms with Gasteiger partial charge >= 0.3 is 17.9 Å². The van der Waals surface area contributed by atoms with Crippen molar-refractivity contribution in [3.05, 3.63) is 149 Å². The maximum absolute atomic E-state index is 14.2. The van der Waals surface area contributed by atoms with E-state index in [1.165, 1.54) is 7.11 Å². The number of carbonyl (C=O) groups excluding carboxylic acids is 2. The SMILES string of the molecule is COC(=O)c1ccc([C@@H](Cc2cccc(COc3ccccc3)c2)[C@@H](C)N(Cc2ccc3ccccc3c2)C(=O)C[C@H](CC(=O)O)C(=O)O)cc1. The first-order chi connectivity index (χ1) is 24.6. The number of ether oxygens (including phenoxy) is 2. The number of fused-ring (bicyclic) bond motifs is 1. The molecule has 5 aromatic carbocycles. The van der Waals surface area contributed by atoms with Gasteiger partial charge in [-0.25, -0.2) is 4.79 Å². The van der Waals surface area contributed by atoms with E-state index in [4.69, 9.17) is 9.47 Å². The third-order valence-corrected chi connectivity index (χ3v) is 9.11. The van der Waals surface area contributed by atoms with E-state index in [-0.39, 0.29) is 12.5 Å². The van der Waals surface area contributed by atoms with Crippen LogP contribution in [0.4, 0.5) is 0 Å². The number of methoxy groups -OCH3 is 1. The number of amides is 1. The van der Waals surface area contributed by atoms with Gasteiger partial charge in [-0.1, -0.05) is 91.0 Å².